The van der Waals surface area contributed by atoms with Crippen molar-refractivity contribution in [1.82, 2.24) is 14.5 Å². The van der Waals surface area contributed by atoms with Gasteiger partial charge in [0.1, 0.15) is 5.03 Å². The lowest BCUT2D eigenvalue weighted by molar-refractivity contribution is 0.0696. The summed E-state index contributed by atoms with van der Waals surface area (Å²) in [7, 11) is 0. The van der Waals surface area contributed by atoms with E-state index in [0.717, 1.165) is 24.6 Å². The van der Waals surface area contributed by atoms with Crippen LogP contribution in [0, 0.1) is 0 Å². The monoisotopic (exact) mass is 289 g/mol. The van der Waals surface area contributed by atoms with E-state index in [1.807, 2.05) is 0 Å². The predicted octanol–water partition coefficient (Wildman–Crippen LogP) is 1.82. The standard InChI is InChI=1S/C13H11N3O3S/c17-12-11(15-5-6-16(12)9-1-2-9)20-10-7-8(13(18)19)3-4-14-10/h3-7,9H,1-2H2,(H,18,19). The number of pyridine rings is 1. The number of hydrogen-bond donors (Lipinski definition) is 1. The van der Waals surface area contributed by atoms with Crippen molar-refractivity contribution in [1.29, 1.82) is 0 Å². The number of nitrogens with zero attached hydrogens (tertiary/aromatic N) is 3. The second kappa shape index (κ2) is 5.09. The van der Waals surface area contributed by atoms with Gasteiger partial charge in [-0.2, -0.15) is 0 Å². The lowest BCUT2D eigenvalue weighted by atomic mass is 10.3. The summed E-state index contributed by atoms with van der Waals surface area (Å²) < 4.78 is 1.68. The second-order valence-corrected chi connectivity index (χ2v) is 5.48. The predicted molar refractivity (Wildman–Crippen MR) is 72.1 cm³/mol. The molecule has 2 aromatic rings. The number of carbonyl (C=O) groups is 1. The number of aromatic nitrogens is 3. The van der Waals surface area contributed by atoms with Crippen LogP contribution in [0.2, 0.25) is 0 Å². The molecule has 6 nitrogen and oxygen atoms in total. The molecule has 20 heavy (non-hydrogen) atoms. The summed E-state index contributed by atoms with van der Waals surface area (Å²) >= 11 is 1.09. The first-order valence-electron chi connectivity index (χ1n) is 6.09. The molecule has 1 saturated carbocycles. The molecule has 0 aliphatic heterocycles. The summed E-state index contributed by atoms with van der Waals surface area (Å²) in [5.41, 5.74) is -0.0107. The molecule has 3 rings (SSSR count). The zero-order valence-electron chi connectivity index (χ0n) is 10.4. The molecular formula is C13H11N3O3S. The van der Waals surface area contributed by atoms with Gasteiger partial charge in [0.15, 0.2) is 5.03 Å². The molecule has 7 heteroatoms. The molecule has 2 heterocycles. The van der Waals surface area contributed by atoms with Crippen molar-refractivity contribution in [3.63, 3.8) is 0 Å². The van der Waals surface area contributed by atoms with Crippen molar-refractivity contribution < 1.29 is 9.90 Å². The zero-order valence-corrected chi connectivity index (χ0v) is 11.2. The number of carboxylic acid groups (broad SMARTS) is 1. The van der Waals surface area contributed by atoms with Gasteiger partial charge in [-0.3, -0.25) is 4.79 Å². The molecule has 1 fully saturated rings. The average molecular weight is 289 g/mol. The Labute approximate surface area is 118 Å². The lowest BCUT2D eigenvalue weighted by Crippen LogP contribution is -2.20. The van der Waals surface area contributed by atoms with E-state index in [9.17, 15) is 9.59 Å². The van der Waals surface area contributed by atoms with Crippen molar-refractivity contribution in [3.8, 4) is 0 Å². The summed E-state index contributed by atoms with van der Waals surface area (Å²) in [6.07, 6.45) is 6.71. The highest BCUT2D eigenvalue weighted by Gasteiger charge is 2.25. The SMILES string of the molecule is O=C(O)c1ccnc(Sc2nccn(C3CC3)c2=O)c1. The summed E-state index contributed by atoms with van der Waals surface area (Å²) in [6, 6.07) is 3.12. The van der Waals surface area contributed by atoms with Crippen LogP contribution in [-0.2, 0) is 0 Å². The van der Waals surface area contributed by atoms with Crippen molar-refractivity contribution in [3.05, 3.63) is 46.6 Å². The third-order valence-corrected chi connectivity index (χ3v) is 3.87. The van der Waals surface area contributed by atoms with Crippen LogP contribution in [0.5, 0.6) is 0 Å². The fourth-order valence-electron chi connectivity index (χ4n) is 1.81. The molecule has 2 aromatic heterocycles. The highest BCUT2D eigenvalue weighted by atomic mass is 32.2. The quantitative estimate of drug-likeness (QED) is 0.924. The Bertz CT molecular complexity index is 725. The van der Waals surface area contributed by atoms with Crippen molar-refractivity contribution in [2.24, 2.45) is 0 Å². The Balaban J connectivity index is 1.91. The average Bonchev–Trinajstić information content (AvgIpc) is 3.26. The Morgan fingerprint density at radius 3 is 2.85 bits per heavy atom. The molecule has 0 amide bonds. The van der Waals surface area contributed by atoms with E-state index in [-0.39, 0.29) is 17.2 Å². The smallest absolute Gasteiger partial charge is 0.335 e. The van der Waals surface area contributed by atoms with E-state index in [1.165, 1.54) is 18.3 Å². The van der Waals surface area contributed by atoms with Gasteiger partial charge < -0.3 is 9.67 Å². The third-order valence-electron chi connectivity index (χ3n) is 2.96. The Hall–Kier alpha value is -2.15. The molecule has 0 bridgehead atoms. The first kappa shape index (κ1) is 12.9. The highest BCUT2D eigenvalue weighted by molar-refractivity contribution is 7.99. The van der Waals surface area contributed by atoms with Crippen LogP contribution in [0.3, 0.4) is 0 Å². The van der Waals surface area contributed by atoms with Crippen LogP contribution >= 0.6 is 11.8 Å². The summed E-state index contributed by atoms with van der Waals surface area (Å²) in [5, 5.41) is 9.70. The number of rotatable bonds is 4. The Morgan fingerprint density at radius 2 is 2.15 bits per heavy atom. The van der Waals surface area contributed by atoms with E-state index in [0.29, 0.717) is 10.1 Å². The van der Waals surface area contributed by atoms with E-state index >= 15 is 0 Å². The minimum absolute atomic E-state index is 0.140. The maximum Gasteiger partial charge on any atom is 0.335 e. The van der Waals surface area contributed by atoms with E-state index in [4.69, 9.17) is 5.11 Å². The van der Waals surface area contributed by atoms with Gasteiger partial charge in [-0.25, -0.2) is 14.8 Å². The summed E-state index contributed by atoms with van der Waals surface area (Å²) in [5.74, 6) is -1.02. The second-order valence-electron chi connectivity index (χ2n) is 4.47. The van der Waals surface area contributed by atoms with Crippen LogP contribution in [0.25, 0.3) is 0 Å². The van der Waals surface area contributed by atoms with Crippen LogP contribution in [0.1, 0.15) is 29.2 Å². The largest absolute Gasteiger partial charge is 0.478 e. The van der Waals surface area contributed by atoms with Crippen LogP contribution < -0.4 is 5.56 Å². The lowest BCUT2D eigenvalue weighted by Gasteiger charge is -2.05. The molecule has 1 aliphatic rings. The molecule has 1 aliphatic carbocycles. The first-order valence-corrected chi connectivity index (χ1v) is 6.91. The summed E-state index contributed by atoms with van der Waals surface area (Å²) in [4.78, 5) is 31.2. The Kier molecular flexibility index (Phi) is 3.27. The van der Waals surface area contributed by atoms with Gasteiger partial charge in [0.2, 0.25) is 0 Å². The molecule has 0 radical (unpaired) electrons. The van der Waals surface area contributed by atoms with Crippen molar-refractivity contribution >= 4 is 17.7 Å². The summed E-state index contributed by atoms with van der Waals surface area (Å²) in [6.45, 7) is 0. The topological polar surface area (TPSA) is 85.1 Å². The molecule has 0 atom stereocenters. The maximum atomic E-state index is 12.2. The molecule has 0 spiro atoms. The van der Waals surface area contributed by atoms with Gasteiger partial charge in [-0.1, -0.05) is 0 Å². The van der Waals surface area contributed by atoms with Gasteiger partial charge in [0, 0.05) is 24.6 Å². The van der Waals surface area contributed by atoms with Crippen LogP contribution in [0.15, 0.2) is 45.6 Å². The fourth-order valence-corrected chi connectivity index (χ4v) is 2.62. The van der Waals surface area contributed by atoms with Crippen LogP contribution in [0.4, 0.5) is 0 Å². The van der Waals surface area contributed by atoms with E-state index < -0.39 is 5.97 Å². The minimum atomic E-state index is -1.02. The molecule has 0 unspecified atom stereocenters. The minimum Gasteiger partial charge on any atom is -0.478 e. The third kappa shape index (κ3) is 2.57. The highest BCUT2D eigenvalue weighted by Crippen LogP contribution is 2.33. The van der Waals surface area contributed by atoms with Gasteiger partial charge in [-0.05, 0) is 36.7 Å². The molecular weight excluding hydrogens is 278 g/mol. The number of aromatic carboxylic acids is 1. The molecule has 0 aromatic carbocycles. The Morgan fingerprint density at radius 1 is 1.35 bits per heavy atom. The van der Waals surface area contributed by atoms with Gasteiger partial charge in [0.05, 0.1) is 5.56 Å². The van der Waals surface area contributed by atoms with Gasteiger partial charge in [0.25, 0.3) is 5.56 Å². The number of carboxylic acids is 1. The fraction of sp³-hybridized carbons (Fsp3) is 0.231. The number of hydrogen-bond acceptors (Lipinski definition) is 5. The molecule has 0 saturated heterocycles. The maximum absolute atomic E-state index is 12.2. The molecule has 102 valence electrons. The van der Waals surface area contributed by atoms with Gasteiger partial charge >= 0.3 is 5.97 Å². The van der Waals surface area contributed by atoms with Crippen molar-refractivity contribution in [2.75, 3.05) is 0 Å². The van der Waals surface area contributed by atoms with Crippen molar-refractivity contribution in [2.45, 2.75) is 28.9 Å². The van der Waals surface area contributed by atoms with E-state index in [2.05, 4.69) is 9.97 Å². The normalized spacial score (nSPS) is 14.2. The van der Waals surface area contributed by atoms with Crippen LogP contribution in [-0.4, -0.2) is 25.6 Å². The molecule has 1 N–H and O–H groups in total. The zero-order chi connectivity index (χ0) is 14.1. The van der Waals surface area contributed by atoms with Gasteiger partial charge in [-0.15, -0.1) is 0 Å². The van der Waals surface area contributed by atoms with E-state index in [1.54, 1.807) is 17.0 Å². The first-order chi connectivity index (χ1) is 9.65.